The van der Waals surface area contributed by atoms with Crippen molar-refractivity contribution in [2.75, 3.05) is 4.90 Å². The van der Waals surface area contributed by atoms with Crippen LogP contribution in [0, 0.1) is 0 Å². The standard InChI is InChI=1S/C41H29NS/c1-41(2)35-18-10-8-16-30(35)31-21-20-28(25-36(31)41)42(27-13-4-3-5-14-27)37-24-26-12-6-7-15-29(26)39-34(37)23-22-33-32-17-9-11-19-38(32)43-40(33)39/h3-25H,1-2H3. The second-order valence-electron chi connectivity index (χ2n) is 12.2. The first-order valence-electron chi connectivity index (χ1n) is 14.9. The van der Waals surface area contributed by atoms with Crippen LogP contribution in [0.15, 0.2) is 140 Å². The average molecular weight is 568 g/mol. The van der Waals surface area contributed by atoms with Crippen LogP contribution in [0.4, 0.5) is 17.1 Å². The van der Waals surface area contributed by atoms with Gasteiger partial charge in [0, 0.05) is 47.7 Å². The summed E-state index contributed by atoms with van der Waals surface area (Å²) in [6, 6.07) is 51.5. The molecule has 8 aromatic rings. The van der Waals surface area contributed by atoms with E-state index in [1.54, 1.807) is 0 Å². The number of hydrogen-bond donors (Lipinski definition) is 0. The molecule has 0 spiro atoms. The van der Waals surface area contributed by atoms with E-state index in [4.69, 9.17) is 0 Å². The fourth-order valence-electron chi connectivity index (χ4n) is 7.37. The fourth-order valence-corrected chi connectivity index (χ4v) is 8.63. The lowest BCUT2D eigenvalue weighted by molar-refractivity contribution is 0.660. The van der Waals surface area contributed by atoms with Gasteiger partial charge in [0.25, 0.3) is 0 Å². The molecule has 7 aromatic carbocycles. The summed E-state index contributed by atoms with van der Waals surface area (Å²) in [6.45, 7) is 4.72. The first kappa shape index (κ1) is 24.7. The lowest BCUT2D eigenvalue weighted by Crippen LogP contribution is -2.16. The van der Waals surface area contributed by atoms with Crippen molar-refractivity contribution >= 4 is 70.1 Å². The topological polar surface area (TPSA) is 3.24 Å². The number of benzene rings is 7. The Morgan fingerprint density at radius 3 is 2.09 bits per heavy atom. The predicted octanol–water partition coefficient (Wildman–Crippen LogP) is 12.1. The molecule has 1 aliphatic rings. The maximum atomic E-state index is 2.47. The molecule has 0 unspecified atom stereocenters. The monoisotopic (exact) mass is 567 g/mol. The van der Waals surface area contributed by atoms with Crippen molar-refractivity contribution in [3.05, 3.63) is 151 Å². The van der Waals surface area contributed by atoms with E-state index in [0.29, 0.717) is 0 Å². The Hall–Kier alpha value is -4.92. The van der Waals surface area contributed by atoms with Gasteiger partial charge in [-0.3, -0.25) is 0 Å². The van der Waals surface area contributed by atoms with Gasteiger partial charge in [0.05, 0.1) is 5.69 Å². The minimum absolute atomic E-state index is 0.0704. The molecule has 0 saturated heterocycles. The number of rotatable bonds is 3. The van der Waals surface area contributed by atoms with Gasteiger partial charge in [-0.05, 0) is 69.4 Å². The third-order valence-corrected chi connectivity index (χ3v) is 10.6. The number of anilines is 3. The van der Waals surface area contributed by atoms with Crippen LogP contribution in [0.1, 0.15) is 25.0 Å². The highest BCUT2D eigenvalue weighted by Gasteiger charge is 2.35. The zero-order valence-electron chi connectivity index (χ0n) is 24.1. The summed E-state index contributed by atoms with van der Waals surface area (Å²) in [7, 11) is 0. The molecule has 1 aliphatic carbocycles. The summed E-state index contributed by atoms with van der Waals surface area (Å²) in [5.41, 5.74) is 8.94. The van der Waals surface area contributed by atoms with E-state index >= 15 is 0 Å². The summed E-state index contributed by atoms with van der Waals surface area (Å²) in [6.07, 6.45) is 0. The molecular formula is C41H29NS. The molecule has 2 heteroatoms. The highest BCUT2D eigenvalue weighted by Crippen LogP contribution is 2.52. The Morgan fingerprint density at radius 1 is 0.512 bits per heavy atom. The third kappa shape index (κ3) is 3.51. The van der Waals surface area contributed by atoms with Crippen molar-refractivity contribution in [3.63, 3.8) is 0 Å². The second kappa shape index (κ2) is 9.04. The highest BCUT2D eigenvalue weighted by atomic mass is 32.1. The Bertz CT molecular complexity index is 2380. The number of hydrogen-bond acceptors (Lipinski definition) is 2. The van der Waals surface area contributed by atoms with Gasteiger partial charge in [0.1, 0.15) is 0 Å². The molecule has 1 aromatic heterocycles. The maximum Gasteiger partial charge on any atom is 0.0546 e. The van der Waals surface area contributed by atoms with Crippen molar-refractivity contribution in [2.24, 2.45) is 0 Å². The first-order valence-corrected chi connectivity index (χ1v) is 15.8. The average Bonchev–Trinajstić information content (AvgIpc) is 3.54. The molecule has 0 amide bonds. The van der Waals surface area contributed by atoms with Crippen LogP contribution in [0.5, 0.6) is 0 Å². The number of nitrogens with zero attached hydrogens (tertiary/aromatic N) is 1. The van der Waals surface area contributed by atoms with Crippen LogP contribution in [0.25, 0.3) is 52.8 Å². The molecule has 204 valence electrons. The van der Waals surface area contributed by atoms with Gasteiger partial charge in [0.2, 0.25) is 0 Å². The smallest absolute Gasteiger partial charge is 0.0546 e. The Morgan fingerprint density at radius 2 is 1.21 bits per heavy atom. The quantitative estimate of drug-likeness (QED) is 0.192. The minimum Gasteiger partial charge on any atom is -0.310 e. The molecule has 0 N–H and O–H groups in total. The summed E-state index contributed by atoms with van der Waals surface area (Å²) in [5, 5.41) is 7.82. The highest BCUT2D eigenvalue weighted by molar-refractivity contribution is 7.26. The number of fused-ring (bicyclic) bond motifs is 10. The molecule has 0 aliphatic heterocycles. The summed E-state index contributed by atoms with van der Waals surface area (Å²) in [5.74, 6) is 0. The molecule has 1 heterocycles. The number of thiophene rings is 1. The van der Waals surface area contributed by atoms with Crippen molar-refractivity contribution in [3.8, 4) is 11.1 Å². The zero-order chi connectivity index (χ0) is 28.7. The van der Waals surface area contributed by atoms with E-state index in [9.17, 15) is 0 Å². The van der Waals surface area contributed by atoms with Crippen LogP contribution >= 0.6 is 11.3 Å². The van der Waals surface area contributed by atoms with Crippen LogP contribution in [-0.2, 0) is 5.41 Å². The van der Waals surface area contributed by atoms with Gasteiger partial charge in [0.15, 0.2) is 0 Å². The molecular weight excluding hydrogens is 539 g/mol. The molecule has 0 atom stereocenters. The van der Waals surface area contributed by atoms with Gasteiger partial charge in [-0.15, -0.1) is 11.3 Å². The Labute approximate surface area is 255 Å². The maximum absolute atomic E-state index is 2.47. The van der Waals surface area contributed by atoms with Gasteiger partial charge in [-0.2, -0.15) is 0 Å². The van der Waals surface area contributed by atoms with E-state index in [1.165, 1.54) is 75.3 Å². The Balaban J connectivity index is 1.37. The minimum atomic E-state index is -0.0704. The van der Waals surface area contributed by atoms with E-state index < -0.39 is 0 Å². The normalized spacial score (nSPS) is 13.5. The van der Waals surface area contributed by atoms with E-state index in [-0.39, 0.29) is 5.41 Å². The third-order valence-electron chi connectivity index (χ3n) is 9.43. The van der Waals surface area contributed by atoms with Crippen molar-refractivity contribution < 1.29 is 0 Å². The zero-order valence-corrected chi connectivity index (χ0v) is 25.0. The molecule has 9 rings (SSSR count). The summed E-state index contributed by atoms with van der Waals surface area (Å²) in [4.78, 5) is 2.47. The van der Waals surface area contributed by atoms with Crippen molar-refractivity contribution in [1.82, 2.24) is 0 Å². The molecule has 0 bridgehead atoms. The summed E-state index contributed by atoms with van der Waals surface area (Å²) < 4.78 is 2.69. The van der Waals surface area contributed by atoms with Gasteiger partial charge in [-0.1, -0.05) is 117 Å². The van der Waals surface area contributed by atoms with Crippen molar-refractivity contribution in [2.45, 2.75) is 19.3 Å². The van der Waals surface area contributed by atoms with Crippen LogP contribution in [0.3, 0.4) is 0 Å². The SMILES string of the molecule is CC1(C)c2ccccc2-c2ccc(N(c3ccccc3)c3cc4ccccc4c4c3ccc3c5ccccc5sc34)cc21. The van der Waals surface area contributed by atoms with Gasteiger partial charge in [-0.25, -0.2) is 0 Å². The van der Waals surface area contributed by atoms with Crippen molar-refractivity contribution in [1.29, 1.82) is 0 Å². The fraction of sp³-hybridized carbons (Fsp3) is 0.0732. The van der Waals surface area contributed by atoms with E-state index in [0.717, 1.165) is 5.69 Å². The molecule has 0 fully saturated rings. The molecule has 0 saturated carbocycles. The van der Waals surface area contributed by atoms with Crippen LogP contribution < -0.4 is 4.90 Å². The van der Waals surface area contributed by atoms with E-state index in [2.05, 4.69) is 158 Å². The molecule has 43 heavy (non-hydrogen) atoms. The molecule has 0 radical (unpaired) electrons. The van der Waals surface area contributed by atoms with Crippen LogP contribution in [0.2, 0.25) is 0 Å². The lowest BCUT2D eigenvalue weighted by Gasteiger charge is -2.29. The second-order valence-corrected chi connectivity index (χ2v) is 13.2. The molecule has 1 nitrogen and oxygen atoms in total. The van der Waals surface area contributed by atoms with Gasteiger partial charge < -0.3 is 4.90 Å². The van der Waals surface area contributed by atoms with Gasteiger partial charge >= 0.3 is 0 Å². The Kier molecular flexibility index (Phi) is 5.18. The summed E-state index contributed by atoms with van der Waals surface area (Å²) >= 11 is 1.91. The van der Waals surface area contributed by atoms with Crippen LogP contribution in [-0.4, -0.2) is 0 Å². The predicted molar refractivity (Wildman–Crippen MR) is 187 cm³/mol. The van der Waals surface area contributed by atoms with E-state index in [1.807, 2.05) is 11.3 Å². The number of para-hydroxylation sites is 1. The first-order chi connectivity index (χ1) is 21.1. The lowest BCUT2D eigenvalue weighted by atomic mass is 9.82. The largest absolute Gasteiger partial charge is 0.310 e.